The minimum absolute atomic E-state index is 0.0429. The Balaban J connectivity index is 2.08. The third-order valence-electron chi connectivity index (χ3n) is 5.11. The highest BCUT2D eigenvalue weighted by atomic mass is 35.5. The minimum Gasteiger partial charge on any atom is -0.495 e. The quantitative estimate of drug-likeness (QED) is 0.428. The molecule has 0 spiro atoms. The van der Waals surface area contributed by atoms with Crippen LogP contribution < -0.4 is 15.8 Å². The molecule has 9 nitrogen and oxygen atoms in total. The highest BCUT2D eigenvalue weighted by Crippen LogP contribution is 2.31. The molecule has 0 fully saturated rings. The van der Waals surface area contributed by atoms with Crippen molar-refractivity contribution >= 4 is 35.4 Å². The van der Waals surface area contributed by atoms with Crippen LogP contribution in [0.3, 0.4) is 0 Å². The normalized spacial score (nSPS) is 13.7. The predicted octanol–water partition coefficient (Wildman–Crippen LogP) is 2.40. The molecule has 1 amide bonds. The summed E-state index contributed by atoms with van der Waals surface area (Å²) in [5, 5.41) is 12.6. The van der Waals surface area contributed by atoms with Crippen molar-refractivity contribution in [2.24, 2.45) is 21.6 Å². The van der Waals surface area contributed by atoms with E-state index in [0.29, 0.717) is 41.4 Å². The number of methoxy groups -OCH3 is 1. The lowest BCUT2D eigenvalue weighted by Gasteiger charge is -2.12. The van der Waals surface area contributed by atoms with Crippen LogP contribution in [0.4, 0.5) is 5.95 Å². The number of aliphatic imine (C=N–C) groups is 2. The van der Waals surface area contributed by atoms with Crippen molar-refractivity contribution in [2.45, 2.75) is 32.8 Å². The first-order valence-corrected chi connectivity index (χ1v) is 11.0. The maximum absolute atomic E-state index is 12.0. The number of nitrogens with zero attached hydrogens (tertiary/aromatic N) is 4. The summed E-state index contributed by atoms with van der Waals surface area (Å²) in [7, 11) is 3.09. The number of nitrogens with two attached hydrogens (primary N) is 1. The van der Waals surface area contributed by atoms with Crippen LogP contribution in [0.1, 0.15) is 35.3 Å². The largest absolute Gasteiger partial charge is 0.495 e. The zero-order valence-electron chi connectivity index (χ0n) is 19.4. The number of aryl methyl sites for hydroxylation is 2. The Morgan fingerprint density at radius 2 is 2.00 bits per heavy atom. The van der Waals surface area contributed by atoms with Crippen LogP contribution in [0, 0.1) is 5.92 Å². The third-order valence-corrected chi connectivity index (χ3v) is 5.54. The fourth-order valence-electron chi connectivity index (χ4n) is 2.81. The second-order valence-electron chi connectivity index (χ2n) is 7.64. The van der Waals surface area contributed by atoms with E-state index < -0.39 is 6.10 Å². The fourth-order valence-corrected chi connectivity index (χ4v) is 3.09. The van der Waals surface area contributed by atoms with Crippen molar-refractivity contribution in [1.29, 1.82) is 0 Å². The zero-order valence-corrected chi connectivity index (χ0v) is 20.1. The topological polar surface area (TPSA) is 135 Å². The van der Waals surface area contributed by atoms with E-state index in [9.17, 15) is 9.90 Å². The SMILES string of the molecule is CNC(=O)c1cc(CCc2cnc(N=C(C=NCC(C)C(C)O)CN)nc2)c(Cl)c(OC)c1. The Morgan fingerprint density at radius 1 is 1.30 bits per heavy atom. The van der Waals surface area contributed by atoms with E-state index in [1.165, 1.54) is 7.11 Å². The summed E-state index contributed by atoms with van der Waals surface area (Å²) in [4.78, 5) is 29.2. The van der Waals surface area contributed by atoms with Gasteiger partial charge in [0.15, 0.2) is 0 Å². The van der Waals surface area contributed by atoms with Gasteiger partial charge in [-0.15, -0.1) is 0 Å². The molecule has 178 valence electrons. The lowest BCUT2D eigenvalue weighted by molar-refractivity contribution is 0.0962. The van der Waals surface area contributed by atoms with E-state index in [4.69, 9.17) is 22.1 Å². The highest BCUT2D eigenvalue weighted by Gasteiger charge is 2.14. The summed E-state index contributed by atoms with van der Waals surface area (Å²) in [6.07, 6.45) is 5.74. The predicted molar refractivity (Wildman–Crippen MR) is 131 cm³/mol. The number of aromatic nitrogens is 2. The molecule has 0 aliphatic heterocycles. The first kappa shape index (κ1) is 26.4. The average Bonchev–Trinajstić information content (AvgIpc) is 2.82. The van der Waals surface area contributed by atoms with Gasteiger partial charge in [0.25, 0.3) is 5.91 Å². The van der Waals surface area contributed by atoms with Crippen LogP contribution >= 0.6 is 11.6 Å². The standard InChI is InChI=1S/C23H31ClN6O3/c1-14(15(2)31)10-27-13-19(9-25)30-23-28-11-16(12-29-23)5-6-17-7-18(22(32)26-3)8-20(33-4)21(17)24/h7-8,11-15,31H,5-6,9-10,25H2,1-4H3,(H,26,32). The van der Waals surface area contributed by atoms with Gasteiger partial charge in [0.2, 0.25) is 5.95 Å². The molecule has 0 radical (unpaired) electrons. The molecule has 10 heteroatoms. The minimum atomic E-state index is -0.432. The van der Waals surface area contributed by atoms with E-state index >= 15 is 0 Å². The first-order valence-electron chi connectivity index (χ1n) is 10.6. The van der Waals surface area contributed by atoms with E-state index in [1.54, 1.807) is 44.7 Å². The average molecular weight is 475 g/mol. The van der Waals surface area contributed by atoms with E-state index in [0.717, 1.165) is 11.1 Å². The van der Waals surface area contributed by atoms with Crippen molar-refractivity contribution in [3.63, 3.8) is 0 Å². The van der Waals surface area contributed by atoms with Crippen molar-refractivity contribution in [3.8, 4) is 5.75 Å². The summed E-state index contributed by atoms with van der Waals surface area (Å²) in [5.74, 6) is 0.570. The number of carbonyl (C=O) groups is 1. The van der Waals surface area contributed by atoms with E-state index in [2.05, 4.69) is 25.3 Å². The van der Waals surface area contributed by atoms with Crippen LogP contribution in [0.2, 0.25) is 5.02 Å². The second-order valence-corrected chi connectivity index (χ2v) is 8.02. The second kappa shape index (κ2) is 13.0. The van der Waals surface area contributed by atoms with E-state index in [1.807, 2.05) is 6.92 Å². The van der Waals surface area contributed by atoms with Gasteiger partial charge in [-0.25, -0.2) is 15.0 Å². The molecule has 2 atom stereocenters. The molecule has 0 saturated heterocycles. The van der Waals surface area contributed by atoms with Gasteiger partial charge in [-0.2, -0.15) is 0 Å². The number of ether oxygens (including phenoxy) is 1. The lowest BCUT2D eigenvalue weighted by atomic mass is 10.0. The number of halogens is 1. The Labute approximate surface area is 199 Å². The maximum atomic E-state index is 12.0. The molecule has 0 bridgehead atoms. The van der Waals surface area contributed by atoms with Gasteiger partial charge in [-0.1, -0.05) is 18.5 Å². The molecule has 1 aromatic carbocycles. The number of aliphatic hydroxyl groups is 1. The molecule has 33 heavy (non-hydrogen) atoms. The van der Waals surface area contributed by atoms with Crippen LogP contribution in [0.5, 0.6) is 5.75 Å². The monoisotopic (exact) mass is 474 g/mol. The van der Waals surface area contributed by atoms with Gasteiger partial charge in [0, 0.05) is 50.2 Å². The molecule has 2 unspecified atom stereocenters. The number of carbonyl (C=O) groups excluding carboxylic acids is 1. The Hall–Kier alpha value is -2.88. The van der Waals surface area contributed by atoms with Gasteiger partial charge >= 0.3 is 0 Å². The first-order chi connectivity index (χ1) is 15.8. The molecular weight excluding hydrogens is 444 g/mol. The van der Waals surface area contributed by atoms with Gasteiger partial charge in [-0.05, 0) is 43.0 Å². The van der Waals surface area contributed by atoms with Gasteiger partial charge in [-0.3, -0.25) is 9.79 Å². The maximum Gasteiger partial charge on any atom is 0.251 e. The van der Waals surface area contributed by atoms with Gasteiger partial charge < -0.3 is 20.9 Å². The van der Waals surface area contributed by atoms with Crippen molar-refractivity contribution < 1.29 is 14.6 Å². The molecule has 4 N–H and O–H groups in total. The molecule has 2 rings (SSSR count). The molecule has 0 aliphatic rings. The van der Waals surface area contributed by atoms with Crippen molar-refractivity contribution in [2.75, 3.05) is 27.2 Å². The summed E-state index contributed by atoms with van der Waals surface area (Å²) in [6.45, 7) is 4.32. The summed E-state index contributed by atoms with van der Waals surface area (Å²) >= 11 is 6.43. The van der Waals surface area contributed by atoms with Gasteiger partial charge in [0.1, 0.15) is 5.75 Å². The number of aliphatic hydroxyl groups excluding tert-OH is 1. The van der Waals surface area contributed by atoms with Crippen molar-refractivity contribution in [3.05, 3.63) is 46.2 Å². The number of rotatable bonds is 11. The Morgan fingerprint density at radius 3 is 2.58 bits per heavy atom. The number of amides is 1. The summed E-state index contributed by atoms with van der Waals surface area (Å²) in [5.41, 5.74) is 8.46. The van der Waals surface area contributed by atoms with Gasteiger partial charge in [0.05, 0.1) is 23.9 Å². The third kappa shape index (κ3) is 7.88. The number of hydrogen-bond donors (Lipinski definition) is 3. The number of hydrogen-bond acceptors (Lipinski definition) is 8. The molecule has 0 saturated carbocycles. The molecule has 1 heterocycles. The number of nitrogens with one attached hydrogen (secondary N) is 1. The van der Waals surface area contributed by atoms with Crippen molar-refractivity contribution in [1.82, 2.24) is 15.3 Å². The molecule has 0 aliphatic carbocycles. The Bertz CT molecular complexity index is 992. The molecule has 2 aromatic rings. The van der Waals surface area contributed by atoms with Crippen LogP contribution in [-0.4, -0.2) is 66.3 Å². The van der Waals surface area contributed by atoms with E-state index in [-0.39, 0.29) is 24.3 Å². The van der Waals surface area contributed by atoms with Crippen LogP contribution in [0.15, 0.2) is 34.5 Å². The van der Waals surface area contributed by atoms with Crippen LogP contribution in [0.25, 0.3) is 0 Å². The molecule has 1 aromatic heterocycles. The zero-order chi connectivity index (χ0) is 24.4. The smallest absolute Gasteiger partial charge is 0.251 e. The molecular formula is C23H31ClN6O3. The van der Waals surface area contributed by atoms with Crippen LogP contribution in [-0.2, 0) is 12.8 Å². The summed E-state index contributed by atoms with van der Waals surface area (Å²) in [6, 6.07) is 3.37. The summed E-state index contributed by atoms with van der Waals surface area (Å²) < 4.78 is 5.30. The fraction of sp³-hybridized carbons (Fsp3) is 0.435. The lowest BCUT2D eigenvalue weighted by Crippen LogP contribution is -2.18. The highest BCUT2D eigenvalue weighted by molar-refractivity contribution is 6.33. The number of benzene rings is 1. The Kier molecular flexibility index (Phi) is 10.4.